The molecule has 0 spiro atoms. The molecule has 0 heterocycles. The molecule has 6 nitrogen and oxygen atoms in total. The minimum atomic E-state index is -6.70. The number of carbonyl (C=O) groups excluding carboxylic acids is 2. The summed E-state index contributed by atoms with van der Waals surface area (Å²) in [6.07, 6.45) is -18.1. The average Bonchev–Trinajstić information content (AvgIpc) is 2.90. The molecule has 0 aliphatic carbocycles. The summed E-state index contributed by atoms with van der Waals surface area (Å²) >= 11 is 2.41. The number of carbonyl (C=O) groups is 2. The van der Waals surface area contributed by atoms with Gasteiger partial charge in [0, 0.05) is 40.2 Å². The van der Waals surface area contributed by atoms with Crippen molar-refractivity contribution >= 4 is 49.0 Å². The molecule has 18 heteroatoms. The molecule has 0 bridgehead atoms. The largest absolute Gasteiger partial charge is 0.435 e. The third-order valence-electron chi connectivity index (χ3n) is 6.14. The maximum atomic E-state index is 14.5. The van der Waals surface area contributed by atoms with Crippen LogP contribution in [0.25, 0.3) is 0 Å². The van der Waals surface area contributed by atoms with Gasteiger partial charge in [-0.15, -0.1) is 0 Å². The first-order valence-electron chi connectivity index (χ1n) is 11.6. The van der Waals surface area contributed by atoms with Gasteiger partial charge in [-0.05, 0) is 70.5 Å². The fraction of sp³-hybridized carbons (Fsp3) is 0.231. The van der Waals surface area contributed by atoms with Crippen molar-refractivity contribution in [3.63, 3.8) is 0 Å². The molecule has 0 unspecified atom stereocenters. The Balaban J connectivity index is 1.99. The first-order valence-corrected chi connectivity index (χ1v) is 14.3. The third-order valence-corrected chi connectivity index (χ3v) is 7.90. The number of anilines is 2. The molecule has 3 aromatic rings. The Morgan fingerprint density at radius 2 is 1.34 bits per heavy atom. The summed E-state index contributed by atoms with van der Waals surface area (Å²) in [6.45, 7) is 0. The van der Waals surface area contributed by atoms with E-state index in [1.807, 2.05) is 0 Å². The zero-order valence-electron chi connectivity index (χ0n) is 21.9. The van der Waals surface area contributed by atoms with Crippen molar-refractivity contribution in [2.45, 2.75) is 29.1 Å². The fourth-order valence-corrected chi connectivity index (χ4v) is 5.03. The number of nitrogens with one attached hydrogen (secondary N) is 1. The number of hydrogen-bond acceptors (Lipinski definition) is 4. The number of rotatable bonds is 6. The quantitative estimate of drug-likeness (QED) is 0.265. The molecule has 3 rings (SSSR count). The van der Waals surface area contributed by atoms with Crippen LogP contribution in [0.1, 0.15) is 31.8 Å². The molecule has 238 valence electrons. The molecule has 0 aliphatic heterocycles. The number of amides is 2. The summed E-state index contributed by atoms with van der Waals surface area (Å²) in [5, 5.41) is 1.75. The van der Waals surface area contributed by atoms with Crippen LogP contribution in [0.5, 0.6) is 0 Å². The Kier molecular flexibility index (Phi) is 9.24. The maximum absolute atomic E-state index is 14.5. The van der Waals surface area contributed by atoms with Crippen LogP contribution in [0.2, 0.25) is 0 Å². The lowest BCUT2D eigenvalue weighted by Gasteiger charge is -2.31. The van der Waals surface area contributed by atoms with Crippen LogP contribution in [-0.2, 0) is 21.7 Å². The lowest BCUT2D eigenvalue weighted by Crippen LogP contribution is -2.50. The van der Waals surface area contributed by atoms with Gasteiger partial charge in [0.05, 0.1) is 16.1 Å². The third kappa shape index (κ3) is 6.85. The summed E-state index contributed by atoms with van der Waals surface area (Å²) < 4.78 is 157. The van der Waals surface area contributed by atoms with E-state index < -0.39 is 78.8 Å². The maximum Gasteiger partial charge on any atom is 0.435 e. The first kappa shape index (κ1) is 34.8. The number of alkyl halides is 10. The van der Waals surface area contributed by atoms with Gasteiger partial charge in [-0.1, -0.05) is 6.07 Å². The topological polar surface area (TPSA) is 83.6 Å². The molecule has 1 N–H and O–H groups in total. The van der Waals surface area contributed by atoms with Gasteiger partial charge in [-0.3, -0.25) is 9.59 Å². The molecule has 0 radical (unpaired) electrons. The summed E-state index contributed by atoms with van der Waals surface area (Å²) in [5.74, 6) is -2.02. The van der Waals surface area contributed by atoms with Crippen LogP contribution in [0.15, 0.2) is 70.0 Å². The number of nitrogens with zero attached hydrogens (tertiary/aromatic N) is 1. The summed E-state index contributed by atoms with van der Waals surface area (Å²) in [7, 11) is -2.30. The Morgan fingerprint density at radius 3 is 1.82 bits per heavy atom. The van der Waals surface area contributed by atoms with Gasteiger partial charge in [0.1, 0.15) is 0 Å². The van der Waals surface area contributed by atoms with E-state index >= 15 is 0 Å². The first-order chi connectivity index (χ1) is 19.9. The number of benzene rings is 3. The Morgan fingerprint density at radius 1 is 0.795 bits per heavy atom. The van der Waals surface area contributed by atoms with Crippen LogP contribution in [0.4, 0.5) is 55.3 Å². The minimum Gasteiger partial charge on any atom is -0.320 e. The molecule has 0 aromatic heterocycles. The smallest absolute Gasteiger partial charge is 0.320 e. The summed E-state index contributed by atoms with van der Waals surface area (Å²) in [4.78, 5) is 26.7. The Hall–Kier alpha value is -3.67. The predicted molar refractivity (Wildman–Crippen MR) is 141 cm³/mol. The van der Waals surface area contributed by atoms with Crippen LogP contribution in [-0.4, -0.2) is 45.9 Å². The Labute approximate surface area is 250 Å². The van der Waals surface area contributed by atoms with Crippen LogP contribution < -0.4 is 10.2 Å². The van der Waals surface area contributed by atoms with Gasteiger partial charge in [-0.2, -0.15) is 39.5 Å². The molecule has 3 aromatic carbocycles. The van der Waals surface area contributed by atoms with E-state index in [0.29, 0.717) is 0 Å². The van der Waals surface area contributed by atoms with E-state index in [1.54, 1.807) is 5.32 Å². The van der Waals surface area contributed by atoms with Gasteiger partial charge in [0.25, 0.3) is 11.8 Å². The van der Waals surface area contributed by atoms with Gasteiger partial charge in [0.15, 0.2) is 9.84 Å². The highest BCUT2D eigenvalue weighted by atomic mass is 79.9. The zero-order chi connectivity index (χ0) is 33.6. The van der Waals surface area contributed by atoms with E-state index in [9.17, 15) is 61.9 Å². The minimum absolute atomic E-state index is 0.0119. The lowest BCUT2D eigenvalue weighted by molar-refractivity contribution is -0.348. The second-order valence-corrected chi connectivity index (χ2v) is 12.1. The lowest BCUT2D eigenvalue weighted by atomic mass is 9.92. The second-order valence-electron chi connectivity index (χ2n) is 9.20. The number of hydrogen-bond donors (Lipinski definition) is 1. The van der Waals surface area contributed by atoms with E-state index in [0.717, 1.165) is 23.3 Å². The molecular weight excluding hydrogens is 706 g/mol. The highest BCUT2D eigenvalue weighted by molar-refractivity contribution is 9.10. The highest BCUT2D eigenvalue weighted by Crippen LogP contribution is 2.55. The normalized spacial score (nSPS) is 13.0. The SMILES string of the molecule is CN(C(=O)c1ccc(S(C)(=O)=O)cc1)c1cccc(C(=O)Nc2c(Br)cc(C(F)(C(F)(F)F)C(F)(F)F)cc2C(F)(F)F)c1. The molecule has 44 heavy (non-hydrogen) atoms. The van der Waals surface area contributed by atoms with Crippen LogP contribution >= 0.6 is 15.9 Å². The summed E-state index contributed by atoms with van der Waals surface area (Å²) in [5.41, 5.74) is -12.5. The zero-order valence-corrected chi connectivity index (χ0v) is 24.3. The van der Waals surface area contributed by atoms with Gasteiger partial charge < -0.3 is 10.2 Å². The van der Waals surface area contributed by atoms with Crippen molar-refractivity contribution in [3.8, 4) is 0 Å². The monoisotopic (exact) mass is 722 g/mol. The van der Waals surface area contributed by atoms with Gasteiger partial charge >= 0.3 is 24.2 Å². The number of halogens is 11. The van der Waals surface area contributed by atoms with Crippen LogP contribution in [0.3, 0.4) is 0 Å². The van der Waals surface area contributed by atoms with E-state index in [2.05, 4.69) is 15.9 Å². The molecular formula is C26H17BrF10N2O4S. The molecule has 0 fully saturated rings. The van der Waals surface area contributed by atoms with E-state index in [-0.39, 0.29) is 22.2 Å². The fourth-order valence-electron chi connectivity index (χ4n) is 3.84. The molecule has 2 amide bonds. The van der Waals surface area contributed by atoms with Crippen molar-refractivity contribution in [3.05, 3.63) is 87.4 Å². The average molecular weight is 723 g/mol. The van der Waals surface area contributed by atoms with E-state index in [4.69, 9.17) is 0 Å². The van der Waals surface area contributed by atoms with Gasteiger partial charge in [-0.25, -0.2) is 12.8 Å². The predicted octanol–water partition coefficient (Wildman–Crippen LogP) is 7.69. The van der Waals surface area contributed by atoms with Crippen molar-refractivity contribution in [2.24, 2.45) is 0 Å². The van der Waals surface area contributed by atoms with Gasteiger partial charge in [0.2, 0.25) is 0 Å². The van der Waals surface area contributed by atoms with Crippen molar-refractivity contribution in [2.75, 3.05) is 23.5 Å². The molecule has 0 saturated heterocycles. The van der Waals surface area contributed by atoms with Crippen molar-refractivity contribution in [1.29, 1.82) is 0 Å². The van der Waals surface area contributed by atoms with Crippen molar-refractivity contribution < 1.29 is 61.9 Å². The highest BCUT2D eigenvalue weighted by Gasteiger charge is 2.73. The Bertz CT molecular complexity index is 1690. The van der Waals surface area contributed by atoms with Crippen molar-refractivity contribution in [1.82, 2.24) is 0 Å². The summed E-state index contributed by atoms with van der Waals surface area (Å²) in [6, 6.07) is 8.57. The second kappa shape index (κ2) is 11.7. The standard InChI is InChI=1S/C26H17BrF10N2O4S/c1-39(22(41)13-6-8-17(9-7-13)44(2,42)43)16-5-3-4-14(10-16)21(40)38-20-18(24(29,30)31)11-15(12-19(20)27)23(28,25(32,33)34)26(35,36)37/h3-12H,1-2H3,(H,38,40). The van der Waals surface area contributed by atoms with Crippen LogP contribution in [0, 0.1) is 0 Å². The number of sulfone groups is 1. The molecule has 0 saturated carbocycles. The van der Waals surface area contributed by atoms with E-state index in [1.165, 1.54) is 43.4 Å². The molecule has 0 aliphatic rings. The molecule has 0 atom stereocenters.